The van der Waals surface area contributed by atoms with Crippen LogP contribution in [-0.2, 0) is 6.54 Å². The topological polar surface area (TPSA) is 142 Å². The number of ether oxygens (including phenoxy) is 1. The van der Waals surface area contributed by atoms with Crippen molar-refractivity contribution in [2.24, 2.45) is 0 Å². The molecule has 0 aliphatic rings. The fourth-order valence-electron chi connectivity index (χ4n) is 2.73. The molecule has 0 atom stereocenters. The Morgan fingerprint density at radius 3 is 2.55 bits per heavy atom. The number of anilines is 1. The zero-order chi connectivity index (χ0) is 22.7. The number of amides is 1. The molecule has 12 heteroatoms. The van der Waals surface area contributed by atoms with Gasteiger partial charge in [-0.2, -0.15) is 5.10 Å². The van der Waals surface area contributed by atoms with Crippen LogP contribution in [0.3, 0.4) is 0 Å². The number of carbonyl (C=O) groups is 1. The van der Waals surface area contributed by atoms with Crippen LogP contribution in [0.5, 0.6) is 11.5 Å². The number of rotatable bonds is 7. The van der Waals surface area contributed by atoms with Gasteiger partial charge in [0.05, 0.1) is 21.6 Å². The van der Waals surface area contributed by atoms with Crippen molar-refractivity contribution in [2.45, 2.75) is 20.4 Å². The molecule has 31 heavy (non-hydrogen) atoms. The molecule has 0 radical (unpaired) electrons. The van der Waals surface area contributed by atoms with Gasteiger partial charge in [-0.15, -0.1) is 0 Å². The lowest BCUT2D eigenvalue weighted by atomic mass is 10.2. The highest BCUT2D eigenvalue weighted by Gasteiger charge is 2.26. The van der Waals surface area contributed by atoms with E-state index in [0.29, 0.717) is 22.9 Å². The van der Waals surface area contributed by atoms with E-state index < -0.39 is 27.1 Å². The number of nitro benzene ring substituents is 1. The molecule has 1 N–H and O–H groups in total. The lowest BCUT2D eigenvalue weighted by Gasteiger charge is -2.11. The average molecular weight is 446 g/mol. The first-order valence-electron chi connectivity index (χ1n) is 8.94. The third kappa shape index (κ3) is 4.95. The molecule has 0 saturated carbocycles. The Balaban J connectivity index is 1.94. The predicted molar refractivity (Wildman–Crippen MR) is 112 cm³/mol. The summed E-state index contributed by atoms with van der Waals surface area (Å²) < 4.78 is 6.97. The number of halogens is 1. The number of benzene rings is 2. The maximum Gasteiger partial charge on any atom is 0.320 e. The third-order valence-corrected chi connectivity index (χ3v) is 4.44. The summed E-state index contributed by atoms with van der Waals surface area (Å²) >= 11 is 5.93. The van der Waals surface area contributed by atoms with Crippen molar-refractivity contribution in [3.63, 3.8) is 0 Å². The van der Waals surface area contributed by atoms with Crippen molar-refractivity contribution >= 4 is 34.6 Å². The van der Waals surface area contributed by atoms with E-state index in [1.54, 1.807) is 32.0 Å². The number of carbonyl (C=O) groups excluding carboxylic acids is 1. The molecule has 1 aromatic heterocycles. The Labute approximate surface area is 180 Å². The first-order chi connectivity index (χ1) is 14.7. The van der Waals surface area contributed by atoms with E-state index in [0.717, 1.165) is 12.3 Å². The van der Waals surface area contributed by atoms with E-state index in [4.69, 9.17) is 16.3 Å². The van der Waals surface area contributed by atoms with Crippen molar-refractivity contribution < 1.29 is 19.4 Å². The first kappa shape index (κ1) is 21.7. The van der Waals surface area contributed by atoms with Gasteiger partial charge in [-0.3, -0.25) is 29.7 Å². The molecule has 160 valence electrons. The number of hydrogen-bond donors (Lipinski definition) is 1. The second kappa shape index (κ2) is 8.79. The molecule has 0 aliphatic heterocycles. The predicted octanol–water partition coefficient (Wildman–Crippen LogP) is 4.73. The summed E-state index contributed by atoms with van der Waals surface area (Å²) in [4.78, 5) is 33.8. The second-order valence-electron chi connectivity index (χ2n) is 6.41. The van der Waals surface area contributed by atoms with Gasteiger partial charge in [0.1, 0.15) is 17.7 Å². The summed E-state index contributed by atoms with van der Waals surface area (Å²) in [7, 11) is 0. The van der Waals surface area contributed by atoms with Gasteiger partial charge in [0.15, 0.2) is 0 Å². The van der Waals surface area contributed by atoms with Gasteiger partial charge in [0, 0.05) is 23.7 Å². The Bertz CT molecular complexity index is 1190. The Kier molecular flexibility index (Phi) is 6.16. The second-order valence-corrected chi connectivity index (χ2v) is 6.85. The Morgan fingerprint density at radius 2 is 1.94 bits per heavy atom. The average Bonchev–Trinajstić information content (AvgIpc) is 3.15. The third-order valence-electron chi connectivity index (χ3n) is 4.20. The van der Waals surface area contributed by atoms with Gasteiger partial charge < -0.3 is 10.1 Å². The number of hydrogen-bond acceptors (Lipinski definition) is 7. The molecule has 1 heterocycles. The molecule has 0 aliphatic carbocycles. The van der Waals surface area contributed by atoms with Gasteiger partial charge >= 0.3 is 5.69 Å². The van der Waals surface area contributed by atoms with Crippen LogP contribution in [0.25, 0.3) is 0 Å². The molecule has 0 bridgehead atoms. The van der Waals surface area contributed by atoms with E-state index in [1.807, 2.05) is 0 Å². The highest BCUT2D eigenvalue weighted by molar-refractivity contribution is 6.30. The van der Waals surface area contributed by atoms with E-state index in [1.165, 1.54) is 16.8 Å². The SMILES string of the molecule is CCn1cc([N+](=O)[O-])c(C(=O)Nc2cc(Oc3ccc(Cl)cc3C)cc([N+](=O)[O-])c2)n1. The fraction of sp³-hybridized carbons (Fsp3) is 0.158. The van der Waals surface area contributed by atoms with Crippen LogP contribution in [-0.4, -0.2) is 25.5 Å². The largest absolute Gasteiger partial charge is 0.457 e. The summed E-state index contributed by atoms with van der Waals surface area (Å²) in [5.74, 6) is -0.379. The molecular formula is C19H16ClN5O6. The molecule has 11 nitrogen and oxygen atoms in total. The van der Waals surface area contributed by atoms with Crippen molar-refractivity contribution in [1.82, 2.24) is 9.78 Å². The first-order valence-corrected chi connectivity index (χ1v) is 9.32. The molecule has 0 fully saturated rings. The summed E-state index contributed by atoms with van der Waals surface area (Å²) in [5, 5.41) is 29.4. The standard InChI is InChI=1S/C19H16ClN5O6/c1-3-23-10-16(25(29)30)18(22-23)19(26)21-13-7-14(24(27)28)9-15(8-13)31-17-5-4-12(20)6-11(17)2/h4-10H,3H2,1-2H3,(H,21,26). The number of nitrogens with zero attached hydrogens (tertiary/aromatic N) is 4. The van der Waals surface area contributed by atoms with Crippen LogP contribution in [0.4, 0.5) is 17.1 Å². The quantitative estimate of drug-likeness (QED) is 0.409. The molecule has 3 rings (SSSR count). The minimum atomic E-state index is -0.881. The molecule has 0 unspecified atom stereocenters. The summed E-state index contributed by atoms with van der Waals surface area (Å²) in [6, 6.07) is 8.55. The monoisotopic (exact) mass is 445 g/mol. The fourth-order valence-corrected chi connectivity index (χ4v) is 2.96. The number of non-ortho nitro benzene ring substituents is 1. The van der Waals surface area contributed by atoms with E-state index in [-0.39, 0.29) is 17.1 Å². The van der Waals surface area contributed by atoms with E-state index >= 15 is 0 Å². The van der Waals surface area contributed by atoms with Crippen LogP contribution >= 0.6 is 11.6 Å². The molecular weight excluding hydrogens is 430 g/mol. The maximum atomic E-state index is 12.6. The molecule has 2 aromatic carbocycles. The van der Waals surface area contributed by atoms with E-state index in [9.17, 15) is 25.0 Å². The van der Waals surface area contributed by atoms with Crippen molar-refractivity contribution in [3.05, 3.63) is 79.1 Å². The van der Waals surface area contributed by atoms with Gasteiger partial charge in [0.2, 0.25) is 5.69 Å². The lowest BCUT2D eigenvalue weighted by Crippen LogP contribution is -2.15. The molecule has 0 spiro atoms. The van der Waals surface area contributed by atoms with Gasteiger partial charge in [-0.1, -0.05) is 11.6 Å². The minimum absolute atomic E-state index is 0.0150. The van der Waals surface area contributed by atoms with Crippen molar-refractivity contribution in [2.75, 3.05) is 5.32 Å². The van der Waals surface area contributed by atoms with Crippen LogP contribution in [0.15, 0.2) is 42.6 Å². The van der Waals surface area contributed by atoms with Crippen LogP contribution < -0.4 is 10.1 Å². The summed E-state index contributed by atoms with van der Waals surface area (Å²) in [6.45, 7) is 3.79. The van der Waals surface area contributed by atoms with Crippen LogP contribution in [0, 0.1) is 27.2 Å². The van der Waals surface area contributed by atoms with Crippen LogP contribution in [0.1, 0.15) is 23.0 Å². The number of aryl methyl sites for hydroxylation is 2. The van der Waals surface area contributed by atoms with Crippen molar-refractivity contribution in [1.29, 1.82) is 0 Å². The summed E-state index contributed by atoms with van der Waals surface area (Å²) in [6.07, 6.45) is 1.14. The zero-order valence-corrected chi connectivity index (χ0v) is 17.1. The van der Waals surface area contributed by atoms with Gasteiger partial charge in [0.25, 0.3) is 11.6 Å². The smallest absolute Gasteiger partial charge is 0.320 e. The van der Waals surface area contributed by atoms with Gasteiger partial charge in [-0.05, 0) is 37.6 Å². The molecule has 3 aromatic rings. The molecule has 1 amide bonds. The number of aromatic nitrogens is 2. The Morgan fingerprint density at radius 1 is 1.19 bits per heavy atom. The highest BCUT2D eigenvalue weighted by atomic mass is 35.5. The number of nitrogens with one attached hydrogen (secondary N) is 1. The van der Waals surface area contributed by atoms with Gasteiger partial charge in [-0.25, -0.2) is 0 Å². The highest BCUT2D eigenvalue weighted by Crippen LogP contribution is 2.32. The normalized spacial score (nSPS) is 10.5. The number of nitro groups is 2. The summed E-state index contributed by atoms with van der Waals surface area (Å²) in [5.41, 5.74) is -0.507. The Hall–Kier alpha value is -3.99. The van der Waals surface area contributed by atoms with Crippen LogP contribution in [0.2, 0.25) is 5.02 Å². The molecule has 0 saturated heterocycles. The lowest BCUT2D eigenvalue weighted by molar-refractivity contribution is -0.385. The minimum Gasteiger partial charge on any atom is -0.457 e. The maximum absolute atomic E-state index is 12.6. The van der Waals surface area contributed by atoms with E-state index in [2.05, 4.69) is 10.4 Å². The van der Waals surface area contributed by atoms with Crippen molar-refractivity contribution in [3.8, 4) is 11.5 Å². The zero-order valence-electron chi connectivity index (χ0n) is 16.4.